The number of primary amides is 1. The minimum Gasteiger partial charge on any atom is -0.461 e. The Kier molecular flexibility index (Phi) is 6.09. The van der Waals surface area contributed by atoms with E-state index in [1.807, 2.05) is 0 Å². The van der Waals surface area contributed by atoms with Gasteiger partial charge in [-0.05, 0) is 42.0 Å². The maximum absolute atomic E-state index is 11.9. The van der Waals surface area contributed by atoms with Crippen molar-refractivity contribution in [3.63, 3.8) is 0 Å². The van der Waals surface area contributed by atoms with Crippen molar-refractivity contribution in [2.24, 2.45) is 5.73 Å². The van der Waals surface area contributed by atoms with Crippen LogP contribution in [0.25, 0.3) is 0 Å². The number of carbonyl (C=O) groups is 3. The van der Waals surface area contributed by atoms with Crippen LogP contribution in [0.15, 0.2) is 48.5 Å². The molecule has 0 spiro atoms. The van der Waals surface area contributed by atoms with Crippen LogP contribution in [-0.4, -0.2) is 17.7 Å². The van der Waals surface area contributed by atoms with E-state index in [1.165, 1.54) is 0 Å². The fourth-order valence-corrected chi connectivity index (χ4v) is 2.12. The Bertz CT molecular complexity index is 739. The number of rotatable bonds is 7. The van der Waals surface area contributed by atoms with Gasteiger partial charge in [-0.15, -0.1) is 0 Å². The van der Waals surface area contributed by atoms with E-state index in [1.54, 1.807) is 48.5 Å². The molecule has 0 bridgehead atoms. The Morgan fingerprint density at radius 3 is 2.04 bits per heavy atom. The molecule has 0 radical (unpaired) electrons. The van der Waals surface area contributed by atoms with Crippen molar-refractivity contribution in [3.05, 3.63) is 70.2 Å². The van der Waals surface area contributed by atoms with Crippen LogP contribution in [0, 0.1) is 0 Å². The van der Waals surface area contributed by atoms with Gasteiger partial charge in [0.05, 0.1) is 6.42 Å². The summed E-state index contributed by atoms with van der Waals surface area (Å²) in [5.41, 5.74) is 6.78. The van der Waals surface area contributed by atoms with Gasteiger partial charge in [0.1, 0.15) is 6.61 Å². The molecule has 5 nitrogen and oxygen atoms in total. The number of nitrogens with two attached hydrogens (primary N) is 1. The van der Waals surface area contributed by atoms with Gasteiger partial charge in [-0.3, -0.25) is 14.4 Å². The Morgan fingerprint density at radius 1 is 0.875 bits per heavy atom. The van der Waals surface area contributed by atoms with Gasteiger partial charge in [-0.2, -0.15) is 0 Å². The van der Waals surface area contributed by atoms with E-state index in [0.29, 0.717) is 16.1 Å². The summed E-state index contributed by atoms with van der Waals surface area (Å²) in [4.78, 5) is 34.6. The third-order valence-electron chi connectivity index (χ3n) is 3.36. The van der Waals surface area contributed by atoms with Crippen LogP contribution in [-0.2, 0) is 16.1 Å². The summed E-state index contributed by atoms with van der Waals surface area (Å²) in [6, 6.07) is 12.9. The molecule has 0 aliphatic carbocycles. The van der Waals surface area contributed by atoms with Gasteiger partial charge in [0.25, 0.3) is 0 Å². The van der Waals surface area contributed by atoms with Gasteiger partial charge in [0, 0.05) is 22.6 Å². The molecule has 2 N–H and O–H groups in total. The van der Waals surface area contributed by atoms with Crippen molar-refractivity contribution in [3.8, 4) is 0 Å². The number of amides is 1. The molecule has 0 aliphatic heterocycles. The number of halogens is 1. The Balaban J connectivity index is 1.77. The fraction of sp³-hybridized carbons (Fsp3) is 0.167. The van der Waals surface area contributed by atoms with Gasteiger partial charge < -0.3 is 10.5 Å². The minimum atomic E-state index is -0.515. The van der Waals surface area contributed by atoms with Crippen LogP contribution < -0.4 is 5.73 Å². The highest BCUT2D eigenvalue weighted by Gasteiger charge is 2.10. The van der Waals surface area contributed by atoms with Gasteiger partial charge in [0.2, 0.25) is 5.91 Å². The van der Waals surface area contributed by atoms with Gasteiger partial charge in [0.15, 0.2) is 5.78 Å². The van der Waals surface area contributed by atoms with Gasteiger partial charge >= 0.3 is 5.97 Å². The molecule has 124 valence electrons. The second-order valence-corrected chi connectivity index (χ2v) is 5.59. The number of carbonyl (C=O) groups excluding carboxylic acids is 3. The second kappa shape index (κ2) is 8.26. The molecular formula is C18H16ClNO4. The van der Waals surface area contributed by atoms with Crippen molar-refractivity contribution < 1.29 is 19.1 Å². The number of ketones is 1. The van der Waals surface area contributed by atoms with Crippen LogP contribution in [0.2, 0.25) is 5.02 Å². The highest BCUT2D eigenvalue weighted by Crippen LogP contribution is 2.12. The lowest BCUT2D eigenvalue weighted by atomic mass is 10.1. The predicted molar refractivity (Wildman–Crippen MR) is 89.8 cm³/mol. The largest absolute Gasteiger partial charge is 0.461 e. The van der Waals surface area contributed by atoms with E-state index in [9.17, 15) is 14.4 Å². The summed E-state index contributed by atoms with van der Waals surface area (Å²) in [5, 5.41) is 0.549. The first-order valence-corrected chi connectivity index (χ1v) is 7.66. The zero-order valence-corrected chi connectivity index (χ0v) is 13.6. The van der Waals surface area contributed by atoms with Crippen LogP contribution in [0.1, 0.15) is 39.1 Å². The topological polar surface area (TPSA) is 86.5 Å². The van der Waals surface area contributed by atoms with Crippen LogP contribution >= 0.6 is 11.6 Å². The lowest BCUT2D eigenvalue weighted by molar-refractivity contribution is -0.144. The van der Waals surface area contributed by atoms with E-state index >= 15 is 0 Å². The molecule has 0 unspecified atom stereocenters. The fourth-order valence-electron chi connectivity index (χ4n) is 2.00. The lowest BCUT2D eigenvalue weighted by Gasteiger charge is -2.05. The molecule has 6 heteroatoms. The van der Waals surface area contributed by atoms with Gasteiger partial charge in [-0.25, -0.2) is 0 Å². The van der Waals surface area contributed by atoms with Crippen molar-refractivity contribution >= 4 is 29.3 Å². The molecule has 24 heavy (non-hydrogen) atoms. The van der Waals surface area contributed by atoms with Gasteiger partial charge in [-0.1, -0.05) is 23.7 Å². The molecule has 0 saturated heterocycles. The van der Waals surface area contributed by atoms with E-state index in [2.05, 4.69) is 0 Å². The molecular weight excluding hydrogens is 330 g/mol. The van der Waals surface area contributed by atoms with E-state index in [-0.39, 0.29) is 25.2 Å². The number of Topliss-reactive ketones (excluding diaryl/α,β-unsaturated/α-hetero) is 1. The molecule has 2 aromatic rings. The van der Waals surface area contributed by atoms with Crippen molar-refractivity contribution in [2.45, 2.75) is 19.4 Å². The summed E-state index contributed by atoms with van der Waals surface area (Å²) in [7, 11) is 0. The van der Waals surface area contributed by atoms with Crippen molar-refractivity contribution in [1.29, 1.82) is 0 Å². The predicted octanol–water partition coefficient (Wildman–Crippen LogP) is 3.15. The third-order valence-corrected chi connectivity index (χ3v) is 3.61. The molecule has 0 fully saturated rings. The Labute approximate surface area is 144 Å². The summed E-state index contributed by atoms with van der Waals surface area (Å²) in [6.07, 6.45) is 0.0713. The number of benzene rings is 2. The van der Waals surface area contributed by atoms with E-state index in [0.717, 1.165) is 5.56 Å². The standard InChI is InChI=1S/C18H16ClNO4/c19-15-7-5-13(6-8-15)16(21)9-10-17(22)24-11-12-1-3-14(4-2-12)18(20)23/h1-8H,9-11H2,(H2,20,23). The normalized spacial score (nSPS) is 10.2. The molecule has 0 aromatic heterocycles. The SMILES string of the molecule is NC(=O)c1ccc(COC(=O)CCC(=O)c2ccc(Cl)cc2)cc1. The summed E-state index contributed by atoms with van der Waals surface area (Å²) in [6.45, 7) is 0.0764. The number of hydrogen-bond donors (Lipinski definition) is 1. The molecule has 0 heterocycles. The summed E-state index contributed by atoms with van der Waals surface area (Å²) < 4.78 is 5.11. The maximum atomic E-state index is 11.9. The highest BCUT2D eigenvalue weighted by atomic mass is 35.5. The average Bonchev–Trinajstić information content (AvgIpc) is 2.58. The Hall–Kier alpha value is -2.66. The molecule has 0 aliphatic rings. The number of esters is 1. The molecule has 1 amide bonds. The third kappa shape index (κ3) is 5.21. The number of ether oxygens (including phenoxy) is 1. The average molecular weight is 346 g/mol. The smallest absolute Gasteiger partial charge is 0.306 e. The molecule has 0 saturated carbocycles. The molecule has 2 aromatic carbocycles. The van der Waals surface area contributed by atoms with E-state index < -0.39 is 11.9 Å². The van der Waals surface area contributed by atoms with Crippen LogP contribution in [0.4, 0.5) is 0 Å². The van der Waals surface area contributed by atoms with Crippen molar-refractivity contribution in [1.82, 2.24) is 0 Å². The second-order valence-electron chi connectivity index (χ2n) is 5.15. The molecule has 2 rings (SSSR count). The van der Waals surface area contributed by atoms with Crippen LogP contribution in [0.3, 0.4) is 0 Å². The highest BCUT2D eigenvalue weighted by molar-refractivity contribution is 6.30. The van der Waals surface area contributed by atoms with E-state index in [4.69, 9.17) is 22.1 Å². The van der Waals surface area contributed by atoms with Crippen LogP contribution in [0.5, 0.6) is 0 Å². The van der Waals surface area contributed by atoms with Crippen molar-refractivity contribution in [2.75, 3.05) is 0 Å². The monoisotopic (exact) mass is 345 g/mol. The zero-order valence-electron chi connectivity index (χ0n) is 12.8. The lowest BCUT2D eigenvalue weighted by Crippen LogP contribution is -2.11. The first-order valence-electron chi connectivity index (χ1n) is 7.29. The first-order chi connectivity index (χ1) is 11.5. The Morgan fingerprint density at radius 2 is 1.46 bits per heavy atom. The quantitative estimate of drug-likeness (QED) is 0.617. The zero-order chi connectivity index (χ0) is 17.5. The number of hydrogen-bond acceptors (Lipinski definition) is 4. The molecule has 0 atom stereocenters. The first kappa shape index (κ1) is 17.7. The summed E-state index contributed by atoms with van der Waals surface area (Å²) in [5.74, 6) is -1.12. The summed E-state index contributed by atoms with van der Waals surface area (Å²) >= 11 is 5.76. The minimum absolute atomic E-state index is 0.000823. The maximum Gasteiger partial charge on any atom is 0.306 e.